The molecule has 0 bridgehead atoms. The van der Waals surface area contributed by atoms with E-state index in [-0.39, 0.29) is 0 Å². The molecule has 0 N–H and O–H groups in total. The van der Waals surface area contributed by atoms with Crippen molar-refractivity contribution in [1.29, 1.82) is 0 Å². The summed E-state index contributed by atoms with van der Waals surface area (Å²) in [5.41, 5.74) is 1.33. The van der Waals surface area contributed by atoms with Gasteiger partial charge in [-0.25, -0.2) is 0 Å². The number of carbonyl (C=O) groups is 1. The Bertz CT molecular complexity index is 268. The van der Waals surface area contributed by atoms with Crippen LogP contribution in [0, 0.1) is 28.6 Å². The van der Waals surface area contributed by atoms with Crippen molar-refractivity contribution in [1.82, 2.24) is 0 Å². The molecule has 5 atom stereocenters. The number of rotatable bonds is 3. The third-order valence-corrected chi connectivity index (χ3v) is 5.54. The van der Waals surface area contributed by atoms with Crippen molar-refractivity contribution in [2.24, 2.45) is 28.6 Å². The first kappa shape index (κ1) is 8.02. The summed E-state index contributed by atoms with van der Waals surface area (Å²) in [6.07, 6.45) is 6.00. The number of hydrogen-bond donors (Lipinski definition) is 0. The Balaban J connectivity index is 1.80. The minimum atomic E-state index is 0.518. The van der Waals surface area contributed by atoms with Gasteiger partial charge in [0.25, 0.3) is 0 Å². The number of hydrogen-bond acceptors (Lipinski definition) is 1. The van der Waals surface area contributed by atoms with Gasteiger partial charge in [-0.3, -0.25) is 0 Å². The topological polar surface area (TPSA) is 17.1 Å². The second-order valence-electron chi connectivity index (χ2n) is 5.80. The van der Waals surface area contributed by atoms with Gasteiger partial charge < -0.3 is 4.79 Å². The Morgan fingerprint density at radius 2 is 2.23 bits per heavy atom. The van der Waals surface area contributed by atoms with Gasteiger partial charge in [0.15, 0.2) is 0 Å². The van der Waals surface area contributed by atoms with Gasteiger partial charge in [-0.1, -0.05) is 13.8 Å². The third kappa shape index (κ3) is 0.730. The predicted molar refractivity (Wildman–Crippen MR) is 51.2 cm³/mol. The maximum Gasteiger partial charge on any atom is 0.120 e. The molecule has 72 valence electrons. The first-order valence-corrected chi connectivity index (χ1v) is 5.59. The van der Waals surface area contributed by atoms with Crippen LogP contribution < -0.4 is 0 Å². The number of carbonyl (C=O) groups excluding carboxylic acids is 1. The summed E-state index contributed by atoms with van der Waals surface area (Å²) < 4.78 is 0. The molecule has 1 heteroatoms. The van der Waals surface area contributed by atoms with Crippen molar-refractivity contribution in [2.75, 3.05) is 0 Å². The quantitative estimate of drug-likeness (QED) is 0.607. The van der Waals surface area contributed by atoms with Gasteiger partial charge in [0.2, 0.25) is 0 Å². The molecule has 13 heavy (non-hydrogen) atoms. The van der Waals surface area contributed by atoms with Crippen LogP contribution in [-0.2, 0) is 4.79 Å². The largest absolute Gasteiger partial charge is 0.303 e. The van der Waals surface area contributed by atoms with Crippen LogP contribution >= 0.6 is 0 Å². The molecule has 0 aromatic heterocycles. The molecule has 3 aliphatic rings. The van der Waals surface area contributed by atoms with Crippen molar-refractivity contribution >= 4 is 6.29 Å². The van der Waals surface area contributed by atoms with Gasteiger partial charge in [-0.2, -0.15) is 0 Å². The second kappa shape index (κ2) is 2.02. The molecule has 3 rings (SSSR count). The lowest BCUT2D eigenvalue weighted by molar-refractivity contribution is -0.108. The first-order chi connectivity index (χ1) is 6.15. The summed E-state index contributed by atoms with van der Waals surface area (Å²) in [6, 6.07) is 0. The van der Waals surface area contributed by atoms with Gasteiger partial charge in [0, 0.05) is 6.42 Å². The van der Waals surface area contributed by atoms with Crippen LogP contribution in [0.2, 0.25) is 0 Å². The molecule has 0 amide bonds. The highest BCUT2D eigenvalue weighted by Crippen LogP contribution is 2.89. The summed E-state index contributed by atoms with van der Waals surface area (Å²) in [5, 5.41) is 0. The van der Waals surface area contributed by atoms with Crippen LogP contribution in [0.5, 0.6) is 0 Å². The lowest BCUT2D eigenvalue weighted by atomic mass is 9.71. The maximum absolute atomic E-state index is 10.4. The third-order valence-electron chi connectivity index (χ3n) is 5.54. The summed E-state index contributed by atoms with van der Waals surface area (Å²) in [5.74, 6) is 2.90. The molecule has 0 radical (unpaired) electrons. The molecule has 3 aliphatic carbocycles. The zero-order valence-corrected chi connectivity index (χ0v) is 8.55. The SMILES string of the molecule is C[C@H]1C2CC23CC3[C@]1(C)CCC=O. The fraction of sp³-hybridized carbons (Fsp3) is 0.917. The highest BCUT2D eigenvalue weighted by atomic mass is 16.1. The summed E-state index contributed by atoms with van der Waals surface area (Å²) in [6.45, 7) is 4.84. The lowest BCUT2D eigenvalue weighted by Crippen LogP contribution is -2.26. The molecule has 1 nitrogen and oxygen atoms in total. The molecular weight excluding hydrogens is 160 g/mol. The van der Waals surface area contributed by atoms with E-state index in [1.54, 1.807) is 0 Å². The zero-order valence-electron chi connectivity index (χ0n) is 8.55. The Morgan fingerprint density at radius 3 is 2.77 bits per heavy atom. The number of aldehydes is 1. The van der Waals surface area contributed by atoms with Crippen molar-refractivity contribution in [3.05, 3.63) is 0 Å². The molecule has 0 aromatic rings. The van der Waals surface area contributed by atoms with Crippen molar-refractivity contribution in [3.63, 3.8) is 0 Å². The van der Waals surface area contributed by atoms with Gasteiger partial charge in [0.05, 0.1) is 0 Å². The lowest BCUT2D eigenvalue weighted by Gasteiger charge is -2.33. The molecule has 3 saturated carbocycles. The Labute approximate surface area is 79.9 Å². The Hall–Kier alpha value is -0.330. The predicted octanol–water partition coefficient (Wildman–Crippen LogP) is 2.65. The molecule has 3 fully saturated rings. The minimum Gasteiger partial charge on any atom is -0.303 e. The van der Waals surface area contributed by atoms with Crippen LogP contribution in [0.15, 0.2) is 0 Å². The standard InChI is InChI=1S/C12H18O/c1-8-9-6-12(9)7-10(12)11(8,2)4-3-5-13/h5,8-10H,3-4,6-7H2,1-2H3/t8-,9?,10?,11+,12?/m0/s1. The van der Waals surface area contributed by atoms with Gasteiger partial charge in [-0.15, -0.1) is 0 Å². The minimum absolute atomic E-state index is 0.518. The fourth-order valence-corrected chi connectivity index (χ4v) is 4.42. The average Bonchev–Trinajstić information content (AvgIpc) is 2.98. The molecule has 0 aromatic carbocycles. The highest BCUT2D eigenvalue weighted by Gasteiger charge is 2.82. The van der Waals surface area contributed by atoms with E-state index in [2.05, 4.69) is 13.8 Å². The highest BCUT2D eigenvalue weighted by molar-refractivity contribution is 5.49. The van der Waals surface area contributed by atoms with E-state index in [1.165, 1.54) is 12.8 Å². The maximum atomic E-state index is 10.4. The molecule has 3 unspecified atom stereocenters. The summed E-state index contributed by atoms with van der Waals surface area (Å²) in [7, 11) is 0. The summed E-state index contributed by atoms with van der Waals surface area (Å²) >= 11 is 0. The van der Waals surface area contributed by atoms with Gasteiger partial charge in [-0.05, 0) is 47.8 Å². The van der Waals surface area contributed by atoms with E-state index in [1.807, 2.05) is 0 Å². The van der Waals surface area contributed by atoms with Gasteiger partial charge >= 0.3 is 0 Å². The van der Waals surface area contributed by atoms with E-state index >= 15 is 0 Å². The summed E-state index contributed by atoms with van der Waals surface area (Å²) in [4.78, 5) is 10.4. The normalized spacial score (nSPS) is 61.2. The van der Waals surface area contributed by atoms with Gasteiger partial charge in [0.1, 0.15) is 6.29 Å². The van der Waals surface area contributed by atoms with Crippen LogP contribution in [0.3, 0.4) is 0 Å². The van der Waals surface area contributed by atoms with Crippen molar-refractivity contribution in [2.45, 2.75) is 39.5 Å². The van der Waals surface area contributed by atoms with Crippen LogP contribution in [0.4, 0.5) is 0 Å². The first-order valence-electron chi connectivity index (χ1n) is 5.59. The molecule has 0 aliphatic heterocycles. The van der Waals surface area contributed by atoms with Crippen LogP contribution in [0.25, 0.3) is 0 Å². The monoisotopic (exact) mass is 178 g/mol. The van der Waals surface area contributed by atoms with E-state index in [4.69, 9.17) is 0 Å². The van der Waals surface area contributed by atoms with E-state index in [0.29, 0.717) is 5.41 Å². The van der Waals surface area contributed by atoms with Crippen LogP contribution in [-0.4, -0.2) is 6.29 Å². The average molecular weight is 178 g/mol. The van der Waals surface area contributed by atoms with Crippen molar-refractivity contribution < 1.29 is 4.79 Å². The van der Waals surface area contributed by atoms with E-state index < -0.39 is 0 Å². The zero-order chi connectivity index (χ0) is 9.27. The Kier molecular flexibility index (Phi) is 1.24. The van der Waals surface area contributed by atoms with E-state index in [9.17, 15) is 4.79 Å². The van der Waals surface area contributed by atoms with Crippen LogP contribution in [0.1, 0.15) is 39.5 Å². The smallest absolute Gasteiger partial charge is 0.120 e. The Morgan fingerprint density at radius 1 is 1.46 bits per heavy atom. The molecule has 1 spiro atoms. The molecular formula is C12H18O. The van der Waals surface area contributed by atoms with Crippen molar-refractivity contribution in [3.8, 4) is 0 Å². The van der Waals surface area contributed by atoms with E-state index in [0.717, 1.165) is 42.3 Å². The second-order valence-corrected chi connectivity index (χ2v) is 5.80. The molecule has 0 saturated heterocycles. The fourth-order valence-electron chi connectivity index (χ4n) is 4.42. The molecule has 0 heterocycles.